The van der Waals surface area contributed by atoms with Crippen molar-refractivity contribution in [2.24, 2.45) is 0 Å². The molecule has 38 heavy (non-hydrogen) atoms. The number of rotatable bonds is 8. The van der Waals surface area contributed by atoms with Crippen LogP contribution in [0.25, 0.3) is 0 Å². The van der Waals surface area contributed by atoms with Crippen LogP contribution in [0.2, 0.25) is 0 Å². The van der Waals surface area contributed by atoms with Gasteiger partial charge >= 0.3 is 0 Å². The molecule has 2 N–H and O–H groups in total. The van der Waals surface area contributed by atoms with Crippen molar-refractivity contribution in [3.8, 4) is 11.5 Å². The third kappa shape index (κ3) is 6.59. The van der Waals surface area contributed by atoms with Crippen molar-refractivity contribution >= 4 is 11.7 Å². The Morgan fingerprint density at radius 1 is 1.26 bits per heavy atom. The van der Waals surface area contributed by atoms with Crippen LogP contribution in [0, 0.1) is 5.82 Å². The summed E-state index contributed by atoms with van der Waals surface area (Å²) in [4.78, 5) is 34.5. The van der Waals surface area contributed by atoms with Gasteiger partial charge < -0.3 is 19.9 Å². The number of hydrogen-bond acceptors (Lipinski definition) is 6. The van der Waals surface area contributed by atoms with E-state index in [1.807, 2.05) is 19.0 Å². The molecule has 2 aromatic heterocycles. The summed E-state index contributed by atoms with van der Waals surface area (Å²) in [5.41, 5.74) is 0.626. The van der Waals surface area contributed by atoms with Gasteiger partial charge in [0.05, 0.1) is 18.2 Å². The Hall–Kier alpha value is -3.70. The molecule has 11 heteroatoms. The number of carbonyl (C=O) groups excluding carboxylic acids is 1. The molecule has 1 unspecified atom stereocenters. The first-order valence-corrected chi connectivity index (χ1v) is 12.2. The highest BCUT2D eigenvalue weighted by Crippen LogP contribution is 2.40. The number of likely N-dealkylation sites (tertiary alicyclic amines) is 1. The van der Waals surface area contributed by atoms with Crippen LogP contribution in [0.15, 0.2) is 59.7 Å². The highest BCUT2D eigenvalue weighted by molar-refractivity contribution is 5.93. The zero-order chi connectivity index (χ0) is 27.4. The number of aromatic amines is 1. The lowest BCUT2D eigenvalue weighted by molar-refractivity contribution is -0.125. The first kappa shape index (κ1) is 27.3. The normalized spacial score (nSPS) is 18.2. The fourth-order valence-corrected chi connectivity index (χ4v) is 4.42. The van der Waals surface area contributed by atoms with Gasteiger partial charge in [-0.3, -0.25) is 14.5 Å². The number of pyridine rings is 2. The van der Waals surface area contributed by atoms with Gasteiger partial charge in [-0.1, -0.05) is 6.07 Å². The number of benzene rings is 1. The van der Waals surface area contributed by atoms with Crippen molar-refractivity contribution in [2.75, 3.05) is 32.5 Å². The van der Waals surface area contributed by atoms with Gasteiger partial charge in [0.1, 0.15) is 23.1 Å². The summed E-state index contributed by atoms with van der Waals surface area (Å²) in [5, 5.41) is 2.72. The number of ether oxygens (including phenoxy) is 1. The smallest absolute Gasteiger partial charge is 0.257 e. The zero-order valence-corrected chi connectivity index (χ0v) is 21.4. The number of hydrogen-bond donors (Lipinski definition) is 2. The Morgan fingerprint density at radius 2 is 2.05 bits per heavy atom. The molecule has 4 rings (SSSR count). The van der Waals surface area contributed by atoms with Crippen LogP contribution >= 0.6 is 0 Å². The van der Waals surface area contributed by atoms with Crippen LogP contribution in [0.4, 0.5) is 19.0 Å². The minimum atomic E-state index is -2.96. The molecule has 0 bridgehead atoms. The summed E-state index contributed by atoms with van der Waals surface area (Å²) >= 11 is 0. The van der Waals surface area contributed by atoms with Crippen molar-refractivity contribution in [3.63, 3.8) is 0 Å². The van der Waals surface area contributed by atoms with Gasteiger partial charge in [0.2, 0.25) is 11.5 Å². The summed E-state index contributed by atoms with van der Waals surface area (Å²) in [6.45, 7) is 2.15. The van der Waals surface area contributed by atoms with E-state index in [0.717, 1.165) is 0 Å². The Morgan fingerprint density at radius 3 is 2.71 bits per heavy atom. The molecule has 0 saturated carbocycles. The van der Waals surface area contributed by atoms with Crippen LogP contribution in [-0.2, 0) is 11.3 Å². The number of nitrogens with zero attached hydrogens (tertiary/aromatic N) is 3. The molecule has 1 amide bonds. The maximum Gasteiger partial charge on any atom is 0.257 e. The fourth-order valence-electron chi connectivity index (χ4n) is 4.42. The quantitative estimate of drug-likeness (QED) is 0.454. The SMILES string of the molecule is CC(C(=O)Nc1ccc(Oc2ccc(F)cc2CN(C)C)cn1)N1CCC(F)(F)[C@@H](c2ccc(=O)[nH]c2)C1. The number of H-pyrrole nitrogens is 1. The van der Waals surface area contributed by atoms with E-state index in [2.05, 4.69) is 15.3 Å². The number of aromatic nitrogens is 2. The monoisotopic (exact) mass is 529 g/mol. The topological polar surface area (TPSA) is 90.6 Å². The predicted molar refractivity (Wildman–Crippen MR) is 137 cm³/mol. The molecule has 202 valence electrons. The van der Waals surface area contributed by atoms with Crippen molar-refractivity contribution in [1.29, 1.82) is 0 Å². The van der Waals surface area contributed by atoms with E-state index in [-0.39, 0.29) is 36.2 Å². The molecule has 3 heterocycles. The second-order valence-corrected chi connectivity index (χ2v) is 9.68. The molecule has 1 aromatic carbocycles. The summed E-state index contributed by atoms with van der Waals surface area (Å²) < 4.78 is 48.9. The maximum absolute atomic E-state index is 14.7. The van der Waals surface area contributed by atoms with Crippen molar-refractivity contribution in [3.05, 3.63) is 82.2 Å². The zero-order valence-electron chi connectivity index (χ0n) is 21.4. The van der Waals surface area contributed by atoms with E-state index in [0.29, 0.717) is 29.2 Å². The first-order chi connectivity index (χ1) is 18.0. The van der Waals surface area contributed by atoms with E-state index in [4.69, 9.17) is 4.74 Å². The van der Waals surface area contributed by atoms with Gasteiger partial charge in [0.25, 0.3) is 5.92 Å². The molecule has 8 nitrogen and oxygen atoms in total. The molecule has 0 radical (unpaired) electrons. The van der Waals surface area contributed by atoms with Gasteiger partial charge in [0, 0.05) is 43.9 Å². The van der Waals surface area contributed by atoms with E-state index in [1.54, 1.807) is 30.0 Å². The van der Waals surface area contributed by atoms with Gasteiger partial charge in [-0.15, -0.1) is 0 Å². The van der Waals surface area contributed by atoms with Crippen LogP contribution < -0.4 is 15.6 Å². The first-order valence-electron chi connectivity index (χ1n) is 12.2. The number of piperidine rings is 1. The van der Waals surface area contributed by atoms with Gasteiger partial charge in [-0.05, 0) is 56.9 Å². The number of halogens is 3. The van der Waals surface area contributed by atoms with E-state index >= 15 is 0 Å². The second-order valence-electron chi connectivity index (χ2n) is 9.68. The number of amides is 1. The average molecular weight is 530 g/mol. The molecule has 3 aromatic rings. The van der Waals surface area contributed by atoms with E-state index in [9.17, 15) is 22.8 Å². The van der Waals surface area contributed by atoms with E-state index in [1.165, 1.54) is 36.7 Å². The van der Waals surface area contributed by atoms with Crippen molar-refractivity contribution in [1.82, 2.24) is 19.8 Å². The number of carbonyl (C=O) groups is 1. The lowest BCUT2D eigenvalue weighted by Crippen LogP contribution is -2.52. The lowest BCUT2D eigenvalue weighted by atomic mass is 9.87. The number of anilines is 1. The maximum atomic E-state index is 14.7. The summed E-state index contributed by atoms with van der Waals surface area (Å²) in [6, 6.07) is 9.41. The Balaban J connectivity index is 1.39. The minimum absolute atomic E-state index is 0.0409. The highest BCUT2D eigenvalue weighted by atomic mass is 19.3. The Bertz CT molecular complexity index is 1310. The van der Waals surface area contributed by atoms with Crippen LogP contribution in [-0.4, -0.2) is 64.8 Å². The van der Waals surface area contributed by atoms with Crippen LogP contribution in [0.5, 0.6) is 11.5 Å². The molecule has 1 saturated heterocycles. The largest absolute Gasteiger partial charge is 0.455 e. The standard InChI is InChI=1S/C27H30F3N5O3/c1-17(35-11-10-27(29,30)22(16-35)18-4-9-25(36)32-13-18)26(37)33-24-8-6-21(14-31-24)38-23-7-5-20(28)12-19(23)15-34(2)3/h4-9,12-14,17,22H,10-11,15-16H2,1-3H3,(H,32,36)(H,31,33,37)/t17?,22-/m1/s1. The second kappa shape index (κ2) is 11.4. The minimum Gasteiger partial charge on any atom is -0.455 e. The van der Waals surface area contributed by atoms with Gasteiger partial charge in [-0.2, -0.15) is 0 Å². The van der Waals surface area contributed by atoms with Crippen LogP contribution in [0.3, 0.4) is 0 Å². The third-order valence-corrected chi connectivity index (χ3v) is 6.52. The number of nitrogens with one attached hydrogen (secondary N) is 2. The summed E-state index contributed by atoms with van der Waals surface area (Å²) in [6.07, 6.45) is 2.34. The van der Waals surface area contributed by atoms with Gasteiger partial charge in [-0.25, -0.2) is 18.2 Å². The number of alkyl halides is 2. The Kier molecular flexibility index (Phi) is 8.17. The van der Waals surface area contributed by atoms with Crippen molar-refractivity contribution in [2.45, 2.75) is 37.8 Å². The third-order valence-electron chi connectivity index (χ3n) is 6.52. The average Bonchev–Trinajstić information content (AvgIpc) is 2.86. The molecular formula is C27H30F3N5O3. The lowest BCUT2D eigenvalue weighted by Gasteiger charge is -2.40. The molecule has 1 fully saturated rings. The fraction of sp³-hybridized carbons (Fsp3) is 0.370. The van der Waals surface area contributed by atoms with Gasteiger partial charge in [0.15, 0.2) is 0 Å². The molecule has 1 aliphatic heterocycles. The highest BCUT2D eigenvalue weighted by Gasteiger charge is 2.46. The summed E-state index contributed by atoms with van der Waals surface area (Å²) in [7, 11) is 3.74. The Labute approximate surface area is 218 Å². The molecule has 0 spiro atoms. The van der Waals surface area contributed by atoms with E-state index < -0.39 is 24.3 Å². The molecule has 1 aliphatic rings. The predicted octanol–water partition coefficient (Wildman–Crippen LogP) is 4.21. The van der Waals surface area contributed by atoms with Crippen LogP contribution in [0.1, 0.15) is 30.4 Å². The van der Waals surface area contributed by atoms with Crippen molar-refractivity contribution < 1.29 is 22.7 Å². The molecule has 0 aliphatic carbocycles. The molecular weight excluding hydrogens is 499 g/mol. The summed E-state index contributed by atoms with van der Waals surface area (Å²) in [5.74, 6) is -3.68. The molecule has 2 atom stereocenters.